The molecule has 1 unspecified atom stereocenters. The molecule has 0 aliphatic carbocycles. The standard InChI is InChI=1S/C15H18ClNO/c1-3-9-17-14(15-11(2)8-10-18-15)12-6-4-5-7-13(12)16/h4-8,10,14,17H,3,9H2,1-2H3. The molecule has 18 heavy (non-hydrogen) atoms. The van der Waals surface area contributed by atoms with E-state index in [1.165, 1.54) is 0 Å². The van der Waals surface area contributed by atoms with Gasteiger partial charge in [0.2, 0.25) is 0 Å². The largest absolute Gasteiger partial charge is 0.467 e. The lowest BCUT2D eigenvalue weighted by molar-refractivity contribution is 0.444. The van der Waals surface area contributed by atoms with Crippen LogP contribution in [-0.4, -0.2) is 6.54 Å². The van der Waals surface area contributed by atoms with Crippen molar-refractivity contribution in [3.8, 4) is 0 Å². The Kier molecular flexibility index (Phi) is 4.45. The molecular weight excluding hydrogens is 246 g/mol. The number of furan rings is 1. The van der Waals surface area contributed by atoms with Gasteiger partial charge in [-0.2, -0.15) is 0 Å². The first-order valence-electron chi connectivity index (χ1n) is 6.25. The van der Waals surface area contributed by atoms with Crippen LogP contribution in [0.3, 0.4) is 0 Å². The molecule has 1 aromatic carbocycles. The third kappa shape index (κ3) is 2.77. The molecule has 1 atom stereocenters. The molecule has 0 bridgehead atoms. The molecule has 0 spiro atoms. The Morgan fingerprint density at radius 3 is 2.67 bits per heavy atom. The van der Waals surface area contributed by atoms with Crippen LogP contribution in [0.5, 0.6) is 0 Å². The van der Waals surface area contributed by atoms with Crippen molar-refractivity contribution in [3.63, 3.8) is 0 Å². The number of halogens is 1. The van der Waals surface area contributed by atoms with Gasteiger partial charge in [-0.05, 0) is 43.1 Å². The summed E-state index contributed by atoms with van der Waals surface area (Å²) in [6, 6.07) is 9.89. The molecule has 0 aliphatic rings. The Morgan fingerprint density at radius 2 is 2.06 bits per heavy atom. The van der Waals surface area contributed by atoms with Gasteiger partial charge in [-0.1, -0.05) is 36.7 Å². The van der Waals surface area contributed by atoms with E-state index in [4.69, 9.17) is 16.0 Å². The summed E-state index contributed by atoms with van der Waals surface area (Å²) in [5.41, 5.74) is 2.20. The molecule has 3 heteroatoms. The highest BCUT2D eigenvalue weighted by Gasteiger charge is 2.20. The first-order chi connectivity index (χ1) is 8.74. The Bertz CT molecular complexity index is 507. The third-order valence-corrected chi connectivity index (χ3v) is 3.32. The maximum Gasteiger partial charge on any atom is 0.128 e. The van der Waals surface area contributed by atoms with Crippen LogP contribution >= 0.6 is 11.6 Å². The van der Waals surface area contributed by atoms with Crippen molar-refractivity contribution in [2.75, 3.05) is 6.54 Å². The van der Waals surface area contributed by atoms with Crippen molar-refractivity contribution in [3.05, 3.63) is 58.5 Å². The Morgan fingerprint density at radius 1 is 1.28 bits per heavy atom. The number of rotatable bonds is 5. The lowest BCUT2D eigenvalue weighted by Gasteiger charge is -2.19. The van der Waals surface area contributed by atoms with Gasteiger partial charge in [0, 0.05) is 5.02 Å². The van der Waals surface area contributed by atoms with Crippen LogP contribution in [0.4, 0.5) is 0 Å². The van der Waals surface area contributed by atoms with Gasteiger partial charge in [-0.25, -0.2) is 0 Å². The maximum atomic E-state index is 6.29. The monoisotopic (exact) mass is 263 g/mol. The summed E-state index contributed by atoms with van der Waals surface area (Å²) in [5.74, 6) is 0.941. The highest BCUT2D eigenvalue weighted by atomic mass is 35.5. The number of nitrogens with one attached hydrogen (secondary N) is 1. The predicted molar refractivity (Wildman–Crippen MR) is 75.0 cm³/mol. The zero-order chi connectivity index (χ0) is 13.0. The lowest BCUT2D eigenvalue weighted by atomic mass is 10.0. The van der Waals surface area contributed by atoms with Gasteiger partial charge in [0.25, 0.3) is 0 Å². The van der Waals surface area contributed by atoms with Gasteiger partial charge in [-0.3, -0.25) is 0 Å². The molecule has 1 heterocycles. The van der Waals surface area contributed by atoms with Gasteiger partial charge in [0.1, 0.15) is 5.76 Å². The number of hydrogen-bond acceptors (Lipinski definition) is 2. The van der Waals surface area contributed by atoms with Crippen molar-refractivity contribution < 1.29 is 4.42 Å². The van der Waals surface area contributed by atoms with E-state index < -0.39 is 0 Å². The summed E-state index contributed by atoms with van der Waals surface area (Å²) in [6.45, 7) is 5.12. The van der Waals surface area contributed by atoms with E-state index in [0.717, 1.165) is 34.9 Å². The van der Waals surface area contributed by atoms with E-state index in [1.807, 2.05) is 30.3 Å². The first-order valence-corrected chi connectivity index (χ1v) is 6.63. The number of hydrogen-bond donors (Lipinski definition) is 1. The average molecular weight is 264 g/mol. The van der Waals surface area contributed by atoms with Gasteiger partial charge >= 0.3 is 0 Å². The predicted octanol–water partition coefficient (Wildman–Crippen LogP) is 4.33. The summed E-state index contributed by atoms with van der Waals surface area (Å²) in [4.78, 5) is 0. The smallest absolute Gasteiger partial charge is 0.128 e. The molecule has 0 radical (unpaired) electrons. The fourth-order valence-corrected chi connectivity index (χ4v) is 2.27. The van der Waals surface area contributed by atoms with Crippen LogP contribution in [0.2, 0.25) is 5.02 Å². The molecule has 0 aliphatic heterocycles. The minimum atomic E-state index is 0.0219. The van der Waals surface area contributed by atoms with Gasteiger partial charge in [0.15, 0.2) is 0 Å². The van der Waals surface area contributed by atoms with E-state index >= 15 is 0 Å². The van der Waals surface area contributed by atoms with Gasteiger partial charge in [0.05, 0.1) is 12.3 Å². The zero-order valence-electron chi connectivity index (χ0n) is 10.7. The topological polar surface area (TPSA) is 25.2 Å². The van der Waals surface area contributed by atoms with Crippen molar-refractivity contribution in [1.82, 2.24) is 5.32 Å². The van der Waals surface area contributed by atoms with Crippen LogP contribution in [0, 0.1) is 6.92 Å². The number of aryl methyl sites for hydroxylation is 1. The van der Waals surface area contributed by atoms with Crippen molar-refractivity contribution >= 4 is 11.6 Å². The number of benzene rings is 1. The van der Waals surface area contributed by atoms with Gasteiger partial charge in [-0.15, -0.1) is 0 Å². The second-order valence-corrected chi connectivity index (χ2v) is 4.78. The Hall–Kier alpha value is -1.25. The summed E-state index contributed by atoms with van der Waals surface area (Å²) in [6.07, 6.45) is 2.79. The summed E-state index contributed by atoms with van der Waals surface area (Å²) >= 11 is 6.29. The van der Waals surface area contributed by atoms with Crippen LogP contribution in [0.1, 0.15) is 36.3 Å². The van der Waals surface area contributed by atoms with E-state index in [1.54, 1.807) is 6.26 Å². The summed E-state index contributed by atoms with van der Waals surface area (Å²) < 4.78 is 5.61. The maximum absolute atomic E-state index is 6.29. The summed E-state index contributed by atoms with van der Waals surface area (Å²) in [5, 5.41) is 4.26. The SMILES string of the molecule is CCCNC(c1ccccc1Cl)c1occc1C. The minimum Gasteiger partial charge on any atom is -0.467 e. The van der Waals surface area contributed by atoms with E-state index in [0.29, 0.717) is 0 Å². The van der Waals surface area contributed by atoms with E-state index in [2.05, 4.69) is 19.2 Å². The third-order valence-electron chi connectivity index (χ3n) is 2.98. The zero-order valence-corrected chi connectivity index (χ0v) is 11.5. The quantitative estimate of drug-likeness (QED) is 0.869. The normalized spacial score (nSPS) is 12.6. The van der Waals surface area contributed by atoms with Gasteiger partial charge < -0.3 is 9.73 Å². The Balaban J connectivity index is 2.37. The van der Waals surface area contributed by atoms with Crippen molar-refractivity contribution in [1.29, 1.82) is 0 Å². The van der Waals surface area contributed by atoms with E-state index in [9.17, 15) is 0 Å². The highest BCUT2D eigenvalue weighted by Crippen LogP contribution is 2.30. The van der Waals surface area contributed by atoms with Crippen LogP contribution in [-0.2, 0) is 0 Å². The van der Waals surface area contributed by atoms with E-state index in [-0.39, 0.29) is 6.04 Å². The summed E-state index contributed by atoms with van der Waals surface area (Å²) in [7, 11) is 0. The fourth-order valence-electron chi connectivity index (χ4n) is 2.02. The minimum absolute atomic E-state index is 0.0219. The van der Waals surface area contributed by atoms with Crippen molar-refractivity contribution in [2.45, 2.75) is 26.3 Å². The molecule has 0 saturated carbocycles. The first kappa shape index (κ1) is 13.2. The molecule has 96 valence electrons. The molecule has 2 aromatic rings. The lowest BCUT2D eigenvalue weighted by Crippen LogP contribution is -2.23. The molecule has 1 N–H and O–H groups in total. The highest BCUT2D eigenvalue weighted by molar-refractivity contribution is 6.31. The van der Waals surface area contributed by atoms with Crippen LogP contribution in [0.25, 0.3) is 0 Å². The molecule has 1 aromatic heterocycles. The average Bonchev–Trinajstić information content (AvgIpc) is 2.78. The molecule has 0 amide bonds. The molecule has 0 saturated heterocycles. The second-order valence-electron chi connectivity index (χ2n) is 4.38. The van der Waals surface area contributed by atoms with Crippen molar-refractivity contribution in [2.24, 2.45) is 0 Å². The van der Waals surface area contributed by atoms with Crippen LogP contribution in [0.15, 0.2) is 41.0 Å². The molecule has 0 fully saturated rings. The van der Waals surface area contributed by atoms with Crippen LogP contribution < -0.4 is 5.32 Å². The second kappa shape index (κ2) is 6.07. The Labute approximate surface area is 113 Å². The fraction of sp³-hybridized carbons (Fsp3) is 0.333. The molecule has 2 nitrogen and oxygen atoms in total. The molecular formula is C15H18ClNO. The molecule has 2 rings (SSSR count).